The van der Waals surface area contributed by atoms with Gasteiger partial charge in [-0.3, -0.25) is 13.9 Å². The molecule has 0 radical (unpaired) electrons. The predicted molar refractivity (Wildman–Crippen MR) is 98.1 cm³/mol. The number of benzene rings is 1. The van der Waals surface area contributed by atoms with Crippen LogP contribution in [0.3, 0.4) is 0 Å². The van der Waals surface area contributed by atoms with Crippen LogP contribution < -0.4 is 16.1 Å². The number of fused-ring (bicyclic) bond motifs is 1. The first-order valence-electron chi connectivity index (χ1n) is 8.62. The maximum atomic E-state index is 12.5. The largest absolute Gasteiger partial charge is 0.391 e. The molecule has 1 unspecified atom stereocenters. The van der Waals surface area contributed by atoms with Crippen LogP contribution in [0.4, 0.5) is 0 Å². The lowest BCUT2D eigenvalue weighted by molar-refractivity contribution is -0.914. The zero-order chi connectivity index (χ0) is 18.7. The number of nitrogens with zero attached hydrogens (tertiary/aromatic N) is 4. The highest BCUT2D eigenvalue weighted by Crippen LogP contribution is 2.04. The molecule has 0 aliphatic carbocycles. The Balaban J connectivity index is 1.84. The van der Waals surface area contributed by atoms with E-state index in [1.165, 1.54) is 22.1 Å². The third-order valence-corrected chi connectivity index (χ3v) is 4.69. The van der Waals surface area contributed by atoms with Crippen molar-refractivity contribution in [2.45, 2.75) is 13.1 Å². The first kappa shape index (κ1) is 18.1. The van der Waals surface area contributed by atoms with Gasteiger partial charge < -0.3 is 14.6 Å². The summed E-state index contributed by atoms with van der Waals surface area (Å²) in [5.74, 6) is 0. The Morgan fingerprint density at radius 3 is 2.50 bits per heavy atom. The van der Waals surface area contributed by atoms with Gasteiger partial charge in [-0.05, 0) is 0 Å². The number of aryl methyl sites for hydroxylation is 1. The van der Waals surface area contributed by atoms with Gasteiger partial charge in [0.2, 0.25) is 0 Å². The molecular weight excluding hydrogens is 334 g/mol. The average molecular weight is 358 g/mol. The van der Waals surface area contributed by atoms with Crippen LogP contribution in [0.25, 0.3) is 11.2 Å². The molecule has 0 amide bonds. The molecule has 0 aliphatic heterocycles. The van der Waals surface area contributed by atoms with Crippen LogP contribution in [0.2, 0.25) is 0 Å². The molecule has 3 rings (SSSR count). The summed E-state index contributed by atoms with van der Waals surface area (Å²) in [6.45, 7) is 2.82. The van der Waals surface area contributed by atoms with Crippen molar-refractivity contribution in [1.29, 1.82) is 0 Å². The molecule has 0 aliphatic rings. The summed E-state index contributed by atoms with van der Waals surface area (Å²) >= 11 is 0. The lowest BCUT2D eigenvalue weighted by Gasteiger charge is -2.19. The zero-order valence-electron chi connectivity index (χ0n) is 15.1. The van der Waals surface area contributed by atoms with Gasteiger partial charge in [0.15, 0.2) is 11.2 Å². The van der Waals surface area contributed by atoms with Crippen LogP contribution >= 0.6 is 0 Å². The van der Waals surface area contributed by atoms with Crippen molar-refractivity contribution in [3.05, 3.63) is 63.1 Å². The van der Waals surface area contributed by atoms with Crippen molar-refractivity contribution in [3.8, 4) is 0 Å². The first-order valence-corrected chi connectivity index (χ1v) is 8.62. The summed E-state index contributed by atoms with van der Waals surface area (Å²) in [5.41, 5.74) is 1.30. The van der Waals surface area contributed by atoms with Gasteiger partial charge in [-0.1, -0.05) is 30.3 Å². The van der Waals surface area contributed by atoms with Gasteiger partial charge in [0, 0.05) is 19.7 Å². The molecule has 0 spiro atoms. The van der Waals surface area contributed by atoms with E-state index in [0.717, 1.165) is 17.7 Å². The van der Waals surface area contributed by atoms with Crippen molar-refractivity contribution in [2.24, 2.45) is 14.1 Å². The minimum Gasteiger partial charge on any atom is -0.391 e. The molecule has 26 heavy (non-hydrogen) atoms. The molecule has 8 nitrogen and oxygen atoms in total. The summed E-state index contributed by atoms with van der Waals surface area (Å²) in [5, 5.41) is 9.36. The topological polar surface area (TPSA) is 86.5 Å². The van der Waals surface area contributed by atoms with Crippen molar-refractivity contribution < 1.29 is 10.0 Å². The number of quaternary nitrogens is 1. The second-order valence-corrected chi connectivity index (χ2v) is 6.45. The second-order valence-electron chi connectivity index (χ2n) is 6.45. The van der Waals surface area contributed by atoms with Gasteiger partial charge in [-0.25, -0.2) is 9.78 Å². The number of aliphatic hydroxyl groups excluding tert-OH is 1. The van der Waals surface area contributed by atoms with Gasteiger partial charge >= 0.3 is 5.69 Å². The Hall–Kier alpha value is -2.71. The summed E-state index contributed by atoms with van der Waals surface area (Å²) in [7, 11) is 3.08. The minimum atomic E-state index is -0.385. The maximum absolute atomic E-state index is 12.5. The second kappa shape index (κ2) is 7.67. The molecular formula is C18H24N5O3+. The fourth-order valence-electron chi connectivity index (χ4n) is 3.19. The SMILES string of the molecule is Cn1c(=O)c2c(ncn2CC[NH+](CCO)Cc2ccccc2)n(C)c1=O. The lowest BCUT2D eigenvalue weighted by Crippen LogP contribution is -3.11. The molecule has 2 N–H and O–H groups in total. The number of aromatic nitrogens is 4. The zero-order valence-corrected chi connectivity index (χ0v) is 15.1. The molecule has 138 valence electrons. The van der Waals surface area contributed by atoms with Crippen LogP contribution in [0.15, 0.2) is 46.2 Å². The average Bonchev–Trinajstić information content (AvgIpc) is 3.08. The number of aliphatic hydroxyl groups is 1. The molecule has 0 saturated carbocycles. The quantitative estimate of drug-likeness (QED) is 0.539. The van der Waals surface area contributed by atoms with Crippen molar-refractivity contribution in [1.82, 2.24) is 18.7 Å². The van der Waals surface area contributed by atoms with E-state index in [0.29, 0.717) is 24.3 Å². The molecule has 1 atom stereocenters. The van der Waals surface area contributed by atoms with Crippen LogP contribution in [0.1, 0.15) is 5.56 Å². The molecule has 8 heteroatoms. The molecule has 2 heterocycles. The van der Waals surface area contributed by atoms with Gasteiger partial charge in [0.1, 0.15) is 13.1 Å². The van der Waals surface area contributed by atoms with E-state index in [2.05, 4.69) is 17.1 Å². The van der Waals surface area contributed by atoms with E-state index in [1.54, 1.807) is 17.9 Å². The molecule has 0 saturated heterocycles. The standard InChI is InChI=1S/C18H23N5O3/c1-20-16-15(17(25)21(2)18(20)26)23(13-19-16)9-8-22(10-11-24)12-14-6-4-3-5-7-14/h3-7,13,24H,8-12H2,1-2H3/p+1. The van der Waals surface area contributed by atoms with Crippen molar-refractivity contribution in [2.75, 3.05) is 19.7 Å². The Morgan fingerprint density at radius 1 is 1.08 bits per heavy atom. The molecule has 0 fully saturated rings. The van der Waals surface area contributed by atoms with E-state index in [-0.39, 0.29) is 17.9 Å². The van der Waals surface area contributed by atoms with E-state index in [4.69, 9.17) is 0 Å². The number of hydrogen-bond donors (Lipinski definition) is 2. The van der Waals surface area contributed by atoms with Gasteiger partial charge in [-0.15, -0.1) is 0 Å². The number of hydrogen-bond acceptors (Lipinski definition) is 4. The van der Waals surface area contributed by atoms with Gasteiger partial charge in [0.25, 0.3) is 5.56 Å². The highest BCUT2D eigenvalue weighted by molar-refractivity contribution is 5.69. The Morgan fingerprint density at radius 2 is 1.81 bits per heavy atom. The number of rotatable bonds is 7. The molecule has 3 aromatic rings. The van der Waals surface area contributed by atoms with Gasteiger partial charge in [0.05, 0.1) is 26.0 Å². The summed E-state index contributed by atoms with van der Waals surface area (Å²) < 4.78 is 4.28. The Labute approximate surface area is 150 Å². The lowest BCUT2D eigenvalue weighted by atomic mass is 10.2. The van der Waals surface area contributed by atoms with Gasteiger partial charge in [-0.2, -0.15) is 0 Å². The minimum absolute atomic E-state index is 0.100. The van der Waals surface area contributed by atoms with Crippen LogP contribution in [0.5, 0.6) is 0 Å². The van der Waals surface area contributed by atoms with Crippen molar-refractivity contribution in [3.63, 3.8) is 0 Å². The monoisotopic (exact) mass is 358 g/mol. The summed E-state index contributed by atoms with van der Waals surface area (Å²) in [4.78, 5) is 30.0. The summed E-state index contributed by atoms with van der Waals surface area (Å²) in [6.07, 6.45) is 1.60. The van der Waals surface area contributed by atoms with E-state index in [9.17, 15) is 14.7 Å². The summed E-state index contributed by atoms with van der Waals surface area (Å²) in [6, 6.07) is 10.1. The van der Waals surface area contributed by atoms with Crippen LogP contribution in [0, 0.1) is 0 Å². The Kier molecular flexibility index (Phi) is 5.34. The number of imidazole rings is 1. The fraction of sp³-hybridized carbons (Fsp3) is 0.389. The van der Waals surface area contributed by atoms with Crippen LogP contribution in [-0.4, -0.2) is 43.5 Å². The third-order valence-electron chi connectivity index (χ3n) is 4.69. The van der Waals surface area contributed by atoms with Crippen molar-refractivity contribution >= 4 is 11.2 Å². The highest BCUT2D eigenvalue weighted by Gasteiger charge is 2.16. The molecule has 0 bridgehead atoms. The highest BCUT2D eigenvalue weighted by atomic mass is 16.3. The first-order chi connectivity index (χ1) is 12.5. The normalized spacial score (nSPS) is 12.6. The van der Waals surface area contributed by atoms with Crippen LogP contribution in [-0.2, 0) is 27.2 Å². The molecule has 1 aromatic carbocycles. The smallest absolute Gasteiger partial charge is 0.332 e. The maximum Gasteiger partial charge on any atom is 0.332 e. The fourth-order valence-corrected chi connectivity index (χ4v) is 3.19. The van der Waals surface area contributed by atoms with E-state index in [1.807, 2.05) is 18.2 Å². The van der Waals surface area contributed by atoms with E-state index < -0.39 is 0 Å². The van der Waals surface area contributed by atoms with E-state index >= 15 is 0 Å². The molecule has 2 aromatic heterocycles. The predicted octanol–water partition coefficient (Wildman–Crippen LogP) is -1.49. The Bertz CT molecular complexity index is 1000. The third kappa shape index (κ3) is 3.47. The number of nitrogens with one attached hydrogen (secondary N) is 1.